The minimum Gasteiger partial charge on any atom is -0.438 e. The molecule has 2 heterocycles. The monoisotopic (exact) mass is 402 g/mol. The standard InChI is InChI=1S/C16H16Cl2N2O4S/c1-9-12-7-10(17)8-13(18)11(12)5-6-20(9)16(21)14-3-4-15(24-14)25(22,23)19-2/h3-4,7-9,19H,5-6H2,1-2H3/t9-/m0/s1. The Morgan fingerprint density at radius 2 is 2.04 bits per heavy atom. The van der Waals surface area contributed by atoms with Crippen LogP contribution in [0.15, 0.2) is 33.8 Å². The molecule has 0 fully saturated rings. The summed E-state index contributed by atoms with van der Waals surface area (Å²) < 4.78 is 30.9. The molecule has 3 rings (SSSR count). The van der Waals surface area contributed by atoms with E-state index in [-0.39, 0.29) is 22.8 Å². The maximum absolute atomic E-state index is 12.8. The van der Waals surface area contributed by atoms with Crippen LogP contribution in [0.2, 0.25) is 10.0 Å². The number of nitrogens with zero attached hydrogens (tertiary/aromatic N) is 1. The van der Waals surface area contributed by atoms with Gasteiger partial charge in [0.25, 0.3) is 15.9 Å². The molecule has 1 aromatic carbocycles. The van der Waals surface area contributed by atoms with Gasteiger partial charge in [0.05, 0.1) is 6.04 Å². The van der Waals surface area contributed by atoms with Gasteiger partial charge in [-0.15, -0.1) is 0 Å². The summed E-state index contributed by atoms with van der Waals surface area (Å²) in [5, 5.41) is 0.793. The van der Waals surface area contributed by atoms with Gasteiger partial charge in [-0.1, -0.05) is 23.2 Å². The van der Waals surface area contributed by atoms with Crippen LogP contribution < -0.4 is 4.72 Å². The average molecular weight is 403 g/mol. The van der Waals surface area contributed by atoms with Crippen LogP contribution in [-0.2, 0) is 16.4 Å². The normalized spacial score (nSPS) is 17.4. The van der Waals surface area contributed by atoms with Gasteiger partial charge < -0.3 is 9.32 Å². The highest BCUT2D eigenvalue weighted by molar-refractivity contribution is 7.89. The molecule has 1 aromatic heterocycles. The van der Waals surface area contributed by atoms with Crippen molar-refractivity contribution in [1.29, 1.82) is 0 Å². The van der Waals surface area contributed by atoms with E-state index in [2.05, 4.69) is 4.72 Å². The molecule has 0 bridgehead atoms. The summed E-state index contributed by atoms with van der Waals surface area (Å²) in [6.45, 7) is 2.32. The summed E-state index contributed by atoms with van der Waals surface area (Å²) in [5.74, 6) is -0.413. The Labute approximate surface area is 155 Å². The Balaban J connectivity index is 1.91. The van der Waals surface area contributed by atoms with E-state index in [9.17, 15) is 13.2 Å². The minimum absolute atomic E-state index is 0.0303. The first kappa shape index (κ1) is 18.3. The van der Waals surface area contributed by atoms with Crippen molar-refractivity contribution < 1.29 is 17.6 Å². The largest absolute Gasteiger partial charge is 0.438 e. The Bertz CT molecular complexity index is 940. The van der Waals surface area contributed by atoms with Crippen LogP contribution in [0.1, 0.15) is 34.6 Å². The lowest BCUT2D eigenvalue weighted by Gasteiger charge is -2.35. The van der Waals surface area contributed by atoms with Crippen molar-refractivity contribution in [2.24, 2.45) is 0 Å². The molecule has 1 amide bonds. The molecule has 0 aliphatic carbocycles. The van der Waals surface area contributed by atoms with Gasteiger partial charge >= 0.3 is 0 Å². The Morgan fingerprint density at radius 3 is 2.72 bits per heavy atom. The predicted molar refractivity (Wildman–Crippen MR) is 94.6 cm³/mol. The summed E-state index contributed by atoms with van der Waals surface area (Å²) in [6.07, 6.45) is 0.587. The number of amides is 1. The van der Waals surface area contributed by atoms with Crippen molar-refractivity contribution in [2.45, 2.75) is 24.5 Å². The zero-order chi connectivity index (χ0) is 18.4. The van der Waals surface area contributed by atoms with Crippen molar-refractivity contribution in [3.63, 3.8) is 0 Å². The van der Waals surface area contributed by atoms with Crippen LogP contribution >= 0.6 is 23.2 Å². The van der Waals surface area contributed by atoms with E-state index in [1.54, 1.807) is 17.0 Å². The molecule has 25 heavy (non-hydrogen) atoms. The Kier molecular flexibility index (Phi) is 4.85. The zero-order valence-electron chi connectivity index (χ0n) is 13.5. The number of nitrogens with one attached hydrogen (secondary N) is 1. The number of halogens is 2. The fourth-order valence-corrected chi connectivity index (χ4v) is 4.20. The lowest BCUT2D eigenvalue weighted by atomic mass is 9.93. The summed E-state index contributed by atoms with van der Waals surface area (Å²) in [5.41, 5.74) is 1.85. The van der Waals surface area contributed by atoms with Crippen LogP contribution in [0, 0.1) is 0 Å². The highest BCUT2D eigenvalue weighted by Gasteiger charge is 2.32. The zero-order valence-corrected chi connectivity index (χ0v) is 15.9. The van der Waals surface area contributed by atoms with Crippen molar-refractivity contribution in [3.05, 3.63) is 51.2 Å². The first-order chi connectivity index (χ1) is 11.7. The van der Waals surface area contributed by atoms with E-state index in [1.165, 1.54) is 19.2 Å². The number of sulfonamides is 1. The quantitative estimate of drug-likeness (QED) is 0.853. The number of furan rings is 1. The molecule has 0 saturated carbocycles. The van der Waals surface area contributed by atoms with Crippen LogP contribution in [0.3, 0.4) is 0 Å². The molecule has 1 N–H and O–H groups in total. The topological polar surface area (TPSA) is 79.6 Å². The Hall–Kier alpha value is -1.54. The van der Waals surface area contributed by atoms with Crippen molar-refractivity contribution >= 4 is 39.1 Å². The number of benzene rings is 1. The van der Waals surface area contributed by atoms with Crippen molar-refractivity contribution in [3.8, 4) is 0 Å². The number of fused-ring (bicyclic) bond motifs is 1. The molecule has 1 aliphatic heterocycles. The lowest BCUT2D eigenvalue weighted by molar-refractivity contribution is 0.0639. The molecule has 1 aliphatic rings. The minimum atomic E-state index is -3.74. The first-order valence-corrected chi connectivity index (χ1v) is 9.80. The molecule has 1 atom stereocenters. The molecule has 134 valence electrons. The molecule has 0 spiro atoms. The van der Waals surface area contributed by atoms with Crippen molar-refractivity contribution in [2.75, 3.05) is 13.6 Å². The Morgan fingerprint density at radius 1 is 1.32 bits per heavy atom. The third-order valence-electron chi connectivity index (χ3n) is 4.30. The van der Waals surface area contributed by atoms with Gasteiger partial charge in [0.15, 0.2) is 5.76 Å². The number of hydrogen-bond acceptors (Lipinski definition) is 4. The third kappa shape index (κ3) is 3.29. The van der Waals surface area contributed by atoms with Crippen LogP contribution in [0.4, 0.5) is 0 Å². The smallest absolute Gasteiger partial charge is 0.290 e. The van der Waals surface area contributed by atoms with E-state index >= 15 is 0 Å². The molecule has 6 nitrogen and oxygen atoms in total. The molecule has 0 radical (unpaired) electrons. The van der Waals surface area contributed by atoms with E-state index in [1.807, 2.05) is 6.92 Å². The fraction of sp³-hybridized carbons (Fsp3) is 0.312. The molecule has 9 heteroatoms. The molecular formula is C16H16Cl2N2O4S. The summed E-state index contributed by atoms with van der Waals surface area (Å²) in [6, 6.07) is 5.84. The third-order valence-corrected chi connectivity index (χ3v) is 6.14. The number of rotatable bonds is 3. The number of hydrogen-bond donors (Lipinski definition) is 1. The lowest BCUT2D eigenvalue weighted by Crippen LogP contribution is -2.38. The van der Waals surface area contributed by atoms with E-state index in [0.29, 0.717) is 23.0 Å². The molecular weight excluding hydrogens is 387 g/mol. The first-order valence-electron chi connectivity index (χ1n) is 7.56. The fourth-order valence-electron chi connectivity index (χ4n) is 2.95. The molecule has 0 unspecified atom stereocenters. The average Bonchev–Trinajstić information content (AvgIpc) is 3.06. The number of carbonyl (C=O) groups is 1. The van der Waals surface area contributed by atoms with Crippen LogP contribution in [-0.4, -0.2) is 32.8 Å². The highest BCUT2D eigenvalue weighted by atomic mass is 35.5. The summed E-state index contributed by atoms with van der Waals surface area (Å²) in [4.78, 5) is 14.4. The van der Waals surface area contributed by atoms with Gasteiger partial charge in [0, 0.05) is 16.6 Å². The van der Waals surface area contributed by atoms with Crippen molar-refractivity contribution in [1.82, 2.24) is 9.62 Å². The molecule has 2 aromatic rings. The van der Waals surface area contributed by atoms with Crippen LogP contribution in [0.5, 0.6) is 0 Å². The second-order valence-corrected chi connectivity index (χ2v) is 8.37. The van der Waals surface area contributed by atoms with Crippen LogP contribution in [0.25, 0.3) is 0 Å². The summed E-state index contributed by atoms with van der Waals surface area (Å²) >= 11 is 12.3. The summed E-state index contributed by atoms with van der Waals surface area (Å²) in [7, 11) is -2.46. The van der Waals surface area contributed by atoms with Gasteiger partial charge in [0.2, 0.25) is 5.09 Å². The predicted octanol–water partition coefficient (Wildman–Crippen LogP) is 3.25. The second-order valence-electron chi connectivity index (χ2n) is 5.71. The maximum Gasteiger partial charge on any atom is 0.290 e. The van der Waals surface area contributed by atoms with E-state index in [4.69, 9.17) is 27.6 Å². The SMILES string of the molecule is CNS(=O)(=O)c1ccc(C(=O)N2CCc3c(Cl)cc(Cl)cc3[C@@H]2C)o1. The van der Waals surface area contributed by atoms with E-state index < -0.39 is 10.0 Å². The van der Waals surface area contributed by atoms with Gasteiger partial charge in [-0.2, -0.15) is 0 Å². The highest BCUT2D eigenvalue weighted by Crippen LogP contribution is 2.36. The second kappa shape index (κ2) is 6.64. The molecule has 0 saturated heterocycles. The van der Waals surface area contributed by atoms with E-state index in [0.717, 1.165) is 11.1 Å². The van der Waals surface area contributed by atoms with Gasteiger partial charge in [-0.3, -0.25) is 4.79 Å². The maximum atomic E-state index is 12.8. The van der Waals surface area contributed by atoms with Gasteiger partial charge in [-0.05, 0) is 55.8 Å². The van der Waals surface area contributed by atoms with Gasteiger partial charge in [0.1, 0.15) is 0 Å². The number of carbonyl (C=O) groups excluding carboxylic acids is 1. The van der Waals surface area contributed by atoms with Gasteiger partial charge in [-0.25, -0.2) is 13.1 Å².